The van der Waals surface area contributed by atoms with Crippen molar-refractivity contribution in [2.24, 2.45) is 5.10 Å². The molecule has 2 heterocycles. The number of thiophene rings is 1. The van der Waals surface area contributed by atoms with Crippen LogP contribution in [0.4, 0.5) is 0 Å². The summed E-state index contributed by atoms with van der Waals surface area (Å²) in [5.41, 5.74) is 0.998. The van der Waals surface area contributed by atoms with Gasteiger partial charge in [0.25, 0.3) is 0 Å². The van der Waals surface area contributed by atoms with E-state index in [4.69, 9.17) is 0 Å². The summed E-state index contributed by atoms with van der Waals surface area (Å²) in [5.74, 6) is 0. The predicted molar refractivity (Wildman–Crippen MR) is 55.0 cm³/mol. The molecule has 1 aliphatic rings. The standard InChI is InChI=1S/C6H6BBrN2OS/c1-10-7(11)6-4(3-9-10)2-5(8)12-6/h2-3,11H,1H3. The lowest BCUT2D eigenvalue weighted by atomic mass is 9.78. The van der Waals surface area contributed by atoms with E-state index in [1.54, 1.807) is 13.3 Å². The fraction of sp³-hybridized carbons (Fsp3) is 0.167. The van der Waals surface area contributed by atoms with Crippen LogP contribution < -0.4 is 4.78 Å². The van der Waals surface area contributed by atoms with E-state index in [1.807, 2.05) is 6.07 Å². The second-order valence-corrected chi connectivity index (χ2v) is 5.03. The Morgan fingerprint density at radius 1 is 1.75 bits per heavy atom. The Hall–Kier alpha value is -0.325. The van der Waals surface area contributed by atoms with Gasteiger partial charge in [-0.1, -0.05) is 0 Å². The van der Waals surface area contributed by atoms with Gasteiger partial charge in [0.15, 0.2) is 0 Å². The van der Waals surface area contributed by atoms with E-state index in [0.29, 0.717) is 0 Å². The van der Waals surface area contributed by atoms with Crippen LogP contribution >= 0.6 is 27.3 Å². The van der Waals surface area contributed by atoms with Crippen molar-refractivity contribution in [1.82, 2.24) is 4.92 Å². The molecule has 1 aliphatic heterocycles. The van der Waals surface area contributed by atoms with Crippen LogP contribution in [0.2, 0.25) is 0 Å². The summed E-state index contributed by atoms with van der Waals surface area (Å²) in [4.78, 5) is 1.53. The maximum atomic E-state index is 9.64. The number of nitrogens with zero attached hydrogens (tertiary/aromatic N) is 2. The maximum absolute atomic E-state index is 9.64. The van der Waals surface area contributed by atoms with Gasteiger partial charge in [0.1, 0.15) is 0 Å². The smallest absolute Gasteiger partial charge is 0.427 e. The number of hydrogen-bond donors (Lipinski definition) is 1. The van der Waals surface area contributed by atoms with Crippen molar-refractivity contribution in [2.45, 2.75) is 0 Å². The molecular formula is C6H6BBrN2OS. The molecule has 12 heavy (non-hydrogen) atoms. The molecular weight excluding hydrogens is 239 g/mol. The molecule has 62 valence electrons. The van der Waals surface area contributed by atoms with Gasteiger partial charge in [0.2, 0.25) is 0 Å². The summed E-state index contributed by atoms with van der Waals surface area (Å²) in [6.07, 6.45) is 1.75. The van der Waals surface area contributed by atoms with E-state index in [0.717, 1.165) is 14.1 Å². The first-order chi connectivity index (χ1) is 5.68. The van der Waals surface area contributed by atoms with Crippen LogP contribution in [0.15, 0.2) is 15.0 Å². The highest BCUT2D eigenvalue weighted by Crippen LogP contribution is 2.20. The molecule has 1 N–H and O–H groups in total. The molecule has 2 rings (SSSR count). The van der Waals surface area contributed by atoms with Gasteiger partial charge >= 0.3 is 7.05 Å². The summed E-state index contributed by atoms with van der Waals surface area (Å²) in [7, 11) is 1.15. The van der Waals surface area contributed by atoms with E-state index in [-0.39, 0.29) is 0 Å². The van der Waals surface area contributed by atoms with Crippen molar-refractivity contribution in [3.63, 3.8) is 0 Å². The number of rotatable bonds is 0. The molecule has 3 nitrogen and oxygen atoms in total. The van der Waals surface area contributed by atoms with Crippen molar-refractivity contribution in [3.8, 4) is 0 Å². The zero-order valence-corrected chi connectivity index (χ0v) is 8.76. The second kappa shape index (κ2) is 2.87. The summed E-state index contributed by atoms with van der Waals surface area (Å²) in [5, 5.41) is 13.7. The molecule has 0 bridgehead atoms. The summed E-state index contributed by atoms with van der Waals surface area (Å²) < 4.78 is 1.97. The van der Waals surface area contributed by atoms with Gasteiger partial charge < -0.3 is 9.94 Å². The highest BCUT2D eigenvalue weighted by molar-refractivity contribution is 9.11. The quantitative estimate of drug-likeness (QED) is 0.674. The van der Waals surface area contributed by atoms with E-state index in [1.165, 1.54) is 16.3 Å². The number of halogens is 1. The molecule has 0 aromatic carbocycles. The molecule has 0 radical (unpaired) electrons. The van der Waals surface area contributed by atoms with E-state index in [9.17, 15) is 5.02 Å². The predicted octanol–water partition coefficient (Wildman–Crippen LogP) is 0.477. The zero-order chi connectivity index (χ0) is 8.72. The first kappa shape index (κ1) is 8.28. The van der Waals surface area contributed by atoms with Gasteiger partial charge in [0, 0.05) is 17.4 Å². The highest BCUT2D eigenvalue weighted by atomic mass is 79.9. The van der Waals surface area contributed by atoms with Crippen molar-refractivity contribution >= 4 is 45.3 Å². The Morgan fingerprint density at radius 3 is 3.25 bits per heavy atom. The van der Waals surface area contributed by atoms with Gasteiger partial charge in [-0.15, -0.1) is 11.3 Å². The summed E-state index contributed by atoms with van der Waals surface area (Å²) in [6.45, 7) is 0. The topological polar surface area (TPSA) is 35.8 Å². The van der Waals surface area contributed by atoms with Crippen LogP contribution in [0.5, 0.6) is 0 Å². The lowest BCUT2D eigenvalue weighted by molar-refractivity contribution is 0.443. The van der Waals surface area contributed by atoms with Gasteiger partial charge in [-0.25, -0.2) is 0 Å². The molecule has 0 saturated carbocycles. The van der Waals surface area contributed by atoms with Crippen molar-refractivity contribution in [1.29, 1.82) is 0 Å². The van der Waals surface area contributed by atoms with Crippen molar-refractivity contribution < 1.29 is 5.02 Å². The third kappa shape index (κ3) is 1.20. The molecule has 0 aliphatic carbocycles. The molecule has 0 atom stereocenters. The number of hydrazone groups is 1. The highest BCUT2D eigenvalue weighted by Gasteiger charge is 2.28. The Kier molecular flexibility index (Phi) is 1.98. The molecule has 0 fully saturated rings. The van der Waals surface area contributed by atoms with Gasteiger partial charge in [-0.05, 0) is 22.0 Å². The van der Waals surface area contributed by atoms with Crippen LogP contribution in [-0.4, -0.2) is 30.3 Å². The molecule has 1 aromatic rings. The van der Waals surface area contributed by atoms with Gasteiger partial charge in [-0.3, -0.25) is 0 Å². The van der Waals surface area contributed by atoms with E-state index < -0.39 is 7.05 Å². The zero-order valence-electron chi connectivity index (χ0n) is 6.36. The van der Waals surface area contributed by atoms with E-state index in [2.05, 4.69) is 21.0 Å². The number of hydrogen-bond acceptors (Lipinski definition) is 4. The molecule has 1 aromatic heterocycles. The largest absolute Gasteiger partial charge is 0.477 e. The molecule has 6 heteroatoms. The average molecular weight is 245 g/mol. The monoisotopic (exact) mass is 244 g/mol. The molecule has 0 unspecified atom stereocenters. The minimum absolute atomic E-state index is 0.596. The van der Waals surface area contributed by atoms with Crippen molar-refractivity contribution in [3.05, 3.63) is 15.4 Å². The maximum Gasteiger partial charge on any atom is 0.477 e. The normalized spacial score (nSPS) is 15.2. The number of fused-ring (bicyclic) bond motifs is 1. The van der Waals surface area contributed by atoms with Crippen molar-refractivity contribution in [2.75, 3.05) is 7.05 Å². The minimum Gasteiger partial charge on any atom is -0.427 e. The average Bonchev–Trinajstić information content (AvgIpc) is 2.39. The SMILES string of the molecule is CN1N=Cc2cc(Br)sc2B1O. The van der Waals surface area contributed by atoms with Crippen LogP contribution in [0.1, 0.15) is 5.56 Å². The Bertz CT molecular complexity index is 340. The van der Waals surface area contributed by atoms with Crippen LogP contribution in [0.25, 0.3) is 0 Å². The van der Waals surface area contributed by atoms with Crippen LogP contribution in [0, 0.1) is 0 Å². The minimum atomic E-state index is -0.596. The lowest BCUT2D eigenvalue weighted by Gasteiger charge is -2.19. The van der Waals surface area contributed by atoms with Crippen LogP contribution in [0.3, 0.4) is 0 Å². The lowest BCUT2D eigenvalue weighted by Crippen LogP contribution is -2.46. The third-order valence-corrected chi connectivity index (χ3v) is 3.42. The summed E-state index contributed by atoms with van der Waals surface area (Å²) in [6, 6.07) is 1.96. The Balaban J connectivity index is 2.50. The molecule has 0 saturated heterocycles. The first-order valence-electron chi connectivity index (χ1n) is 3.42. The Morgan fingerprint density at radius 2 is 2.50 bits per heavy atom. The second-order valence-electron chi connectivity index (χ2n) is 2.56. The first-order valence-corrected chi connectivity index (χ1v) is 5.03. The summed E-state index contributed by atoms with van der Waals surface area (Å²) >= 11 is 4.90. The third-order valence-electron chi connectivity index (χ3n) is 1.73. The van der Waals surface area contributed by atoms with Gasteiger partial charge in [0.05, 0.1) is 10.0 Å². The van der Waals surface area contributed by atoms with Gasteiger partial charge in [-0.2, -0.15) is 5.10 Å². The molecule has 0 spiro atoms. The van der Waals surface area contributed by atoms with Crippen LogP contribution in [-0.2, 0) is 0 Å². The fourth-order valence-corrected chi connectivity index (χ4v) is 2.73. The van der Waals surface area contributed by atoms with E-state index >= 15 is 0 Å². The molecule has 0 amide bonds. The fourth-order valence-electron chi connectivity index (χ4n) is 1.08. The Labute approximate surface area is 83.0 Å².